The summed E-state index contributed by atoms with van der Waals surface area (Å²) in [6.45, 7) is 5.10. The van der Waals surface area contributed by atoms with Gasteiger partial charge >= 0.3 is 0 Å². The number of fused-ring (bicyclic) bond motifs is 2. The molecule has 8 unspecified atom stereocenters. The van der Waals surface area contributed by atoms with Crippen LogP contribution < -0.4 is 0 Å². The van der Waals surface area contributed by atoms with Crippen LogP contribution >= 0.6 is 0 Å². The van der Waals surface area contributed by atoms with E-state index < -0.39 is 0 Å². The molecule has 4 fully saturated rings. The van der Waals surface area contributed by atoms with Gasteiger partial charge in [-0.05, 0) is 97.0 Å². The molecule has 1 aromatic rings. The van der Waals surface area contributed by atoms with Crippen molar-refractivity contribution >= 4 is 0 Å². The van der Waals surface area contributed by atoms with Gasteiger partial charge < -0.3 is 0 Å². The lowest BCUT2D eigenvalue weighted by Crippen LogP contribution is -2.23. The van der Waals surface area contributed by atoms with E-state index in [1.54, 1.807) is 11.1 Å². The number of hydrogen-bond acceptors (Lipinski definition) is 0. The summed E-state index contributed by atoms with van der Waals surface area (Å²) >= 11 is 0. The molecule has 0 aliphatic heterocycles. The topological polar surface area (TPSA) is 0 Å². The zero-order valence-electron chi connectivity index (χ0n) is 18.4. The minimum absolute atomic E-state index is 0.939. The van der Waals surface area contributed by atoms with Gasteiger partial charge in [0.05, 0.1) is 0 Å². The summed E-state index contributed by atoms with van der Waals surface area (Å²) in [4.78, 5) is 0. The van der Waals surface area contributed by atoms with Crippen molar-refractivity contribution in [1.82, 2.24) is 0 Å². The van der Waals surface area contributed by atoms with Crippen LogP contribution in [0.4, 0.5) is 0 Å². The molecule has 0 amide bonds. The molecule has 0 aromatic heterocycles. The Balaban J connectivity index is 1.27. The molecule has 4 aliphatic carbocycles. The van der Waals surface area contributed by atoms with Crippen LogP contribution in [0.25, 0.3) is 0 Å². The molecule has 0 radical (unpaired) electrons. The Kier molecular flexibility index (Phi) is 5.59. The standard InChI is InChI=1S/C28H42/c1-19-14-23-10-3-5-12-25(23)27(19)17-21-8-7-9-22(16-21)18-28-20(2)15-24-11-4-6-13-26(24)28/h7-9,16,19-20,23-28H,3-6,10-15,17-18H2,1-2H3. The molecule has 0 nitrogen and oxygen atoms in total. The van der Waals surface area contributed by atoms with Crippen LogP contribution in [0.5, 0.6) is 0 Å². The van der Waals surface area contributed by atoms with E-state index in [0.717, 1.165) is 47.3 Å². The van der Waals surface area contributed by atoms with E-state index in [4.69, 9.17) is 0 Å². The van der Waals surface area contributed by atoms with Gasteiger partial charge in [0.25, 0.3) is 0 Å². The molecule has 4 aliphatic rings. The van der Waals surface area contributed by atoms with Crippen LogP contribution in [0, 0.1) is 47.3 Å². The van der Waals surface area contributed by atoms with Crippen LogP contribution in [-0.2, 0) is 12.8 Å². The largest absolute Gasteiger partial charge is 0.0622 e. The maximum Gasteiger partial charge on any atom is -0.0245 e. The normalized spacial score (nSPS) is 42.9. The highest BCUT2D eigenvalue weighted by Crippen LogP contribution is 2.51. The second kappa shape index (κ2) is 8.16. The molecular formula is C28H42. The lowest BCUT2D eigenvalue weighted by atomic mass is 9.74. The van der Waals surface area contributed by atoms with Crippen molar-refractivity contribution in [3.63, 3.8) is 0 Å². The molecule has 0 N–H and O–H groups in total. The third-order valence-electron chi connectivity index (χ3n) is 9.78. The van der Waals surface area contributed by atoms with Gasteiger partial charge in [0.1, 0.15) is 0 Å². The maximum atomic E-state index is 2.62. The van der Waals surface area contributed by atoms with E-state index >= 15 is 0 Å². The molecular weight excluding hydrogens is 336 g/mol. The van der Waals surface area contributed by atoms with Crippen LogP contribution in [0.15, 0.2) is 24.3 Å². The minimum Gasteiger partial charge on any atom is -0.0622 e. The van der Waals surface area contributed by atoms with Gasteiger partial charge in [-0.15, -0.1) is 0 Å². The SMILES string of the molecule is CC1CC2CCCCC2C1Cc1cccc(CC2C(C)CC3CCCCC32)c1. The Morgan fingerprint density at radius 1 is 0.679 bits per heavy atom. The van der Waals surface area contributed by atoms with E-state index in [-0.39, 0.29) is 0 Å². The van der Waals surface area contributed by atoms with Gasteiger partial charge in [0.15, 0.2) is 0 Å². The Bertz CT molecular complexity index is 607. The van der Waals surface area contributed by atoms with Crippen molar-refractivity contribution < 1.29 is 0 Å². The average molecular weight is 379 g/mol. The van der Waals surface area contributed by atoms with Crippen molar-refractivity contribution in [3.8, 4) is 0 Å². The monoisotopic (exact) mass is 378 g/mol. The lowest BCUT2D eigenvalue weighted by molar-refractivity contribution is 0.218. The Morgan fingerprint density at radius 3 is 1.64 bits per heavy atom. The highest BCUT2D eigenvalue weighted by Gasteiger charge is 2.42. The van der Waals surface area contributed by atoms with E-state index in [9.17, 15) is 0 Å². The Labute approximate surface area is 173 Å². The van der Waals surface area contributed by atoms with Gasteiger partial charge in [-0.1, -0.05) is 76.6 Å². The summed E-state index contributed by atoms with van der Waals surface area (Å²) in [5.41, 5.74) is 3.29. The van der Waals surface area contributed by atoms with Gasteiger partial charge in [-0.2, -0.15) is 0 Å². The summed E-state index contributed by atoms with van der Waals surface area (Å²) in [5.74, 6) is 7.96. The summed E-state index contributed by atoms with van der Waals surface area (Å²) in [5, 5.41) is 0. The number of hydrogen-bond donors (Lipinski definition) is 0. The lowest BCUT2D eigenvalue weighted by Gasteiger charge is -2.31. The van der Waals surface area contributed by atoms with Crippen molar-refractivity contribution in [1.29, 1.82) is 0 Å². The first-order valence-corrected chi connectivity index (χ1v) is 12.8. The Morgan fingerprint density at radius 2 is 1.14 bits per heavy atom. The average Bonchev–Trinajstić information content (AvgIpc) is 3.19. The second-order valence-corrected chi connectivity index (χ2v) is 11.4. The molecule has 0 spiro atoms. The molecule has 0 saturated heterocycles. The molecule has 0 heteroatoms. The van der Waals surface area contributed by atoms with Gasteiger partial charge in [-0.3, -0.25) is 0 Å². The van der Waals surface area contributed by atoms with E-state index in [2.05, 4.69) is 38.1 Å². The molecule has 154 valence electrons. The van der Waals surface area contributed by atoms with Crippen molar-refractivity contribution in [2.24, 2.45) is 47.3 Å². The second-order valence-electron chi connectivity index (χ2n) is 11.4. The Hall–Kier alpha value is -0.780. The van der Waals surface area contributed by atoms with Gasteiger partial charge in [0, 0.05) is 0 Å². The predicted molar refractivity (Wildman–Crippen MR) is 119 cm³/mol. The summed E-state index contributed by atoms with van der Waals surface area (Å²) in [7, 11) is 0. The minimum atomic E-state index is 0.939. The first-order valence-electron chi connectivity index (χ1n) is 12.8. The molecule has 0 bridgehead atoms. The quantitative estimate of drug-likeness (QED) is 0.503. The fraction of sp³-hybridized carbons (Fsp3) is 0.786. The first-order chi connectivity index (χ1) is 13.7. The smallest absolute Gasteiger partial charge is 0.0245 e. The predicted octanol–water partition coefficient (Wildman–Crippen LogP) is 7.70. The van der Waals surface area contributed by atoms with Crippen molar-refractivity contribution in [2.45, 2.75) is 90.9 Å². The van der Waals surface area contributed by atoms with Crippen molar-refractivity contribution in [3.05, 3.63) is 35.4 Å². The molecule has 0 heterocycles. The van der Waals surface area contributed by atoms with E-state index in [0.29, 0.717) is 0 Å². The molecule has 28 heavy (non-hydrogen) atoms. The van der Waals surface area contributed by atoms with Gasteiger partial charge in [0.2, 0.25) is 0 Å². The third kappa shape index (κ3) is 3.70. The molecule has 4 saturated carbocycles. The van der Waals surface area contributed by atoms with Crippen LogP contribution in [0.1, 0.15) is 89.2 Å². The first kappa shape index (κ1) is 19.2. The van der Waals surface area contributed by atoms with E-state index in [1.165, 1.54) is 77.0 Å². The number of rotatable bonds is 4. The van der Waals surface area contributed by atoms with Crippen LogP contribution in [0.2, 0.25) is 0 Å². The summed E-state index contributed by atoms with van der Waals surface area (Å²) in [6, 6.07) is 9.87. The highest BCUT2D eigenvalue weighted by molar-refractivity contribution is 5.25. The summed E-state index contributed by atoms with van der Waals surface area (Å²) in [6.07, 6.45) is 17.8. The van der Waals surface area contributed by atoms with Crippen molar-refractivity contribution in [2.75, 3.05) is 0 Å². The van der Waals surface area contributed by atoms with Crippen LogP contribution in [0.3, 0.4) is 0 Å². The molecule has 5 rings (SSSR count). The van der Waals surface area contributed by atoms with Crippen LogP contribution in [-0.4, -0.2) is 0 Å². The summed E-state index contributed by atoms with van der Waals surface area (Å²) < 4.78 is 0. The third-order valence-corrected chi connectivity index (χ3v) is 9.78. The maximum absolute atomic E-state index is 2.62. The molecule has 8 atom stereocenters. The highest BCUT2D eigenvalue weighted by atomic mass is 14.5. The number of benzene rings is 1. The fourth-order valence-electron chi connectivity index (χ4n) is 8.47. The zero-order valence-corrected chi connectivity index (χ0v) is 18.4. The van der Waals surface area contributed by atoms with Gasteiger partial charge in [-0.25, -0.2) is 0 Å². The molecule has 1 aromatic carbocycles. The zero-order chi connectivity index (χ0) is 19.1. The fourth-order valence-corrected chi connectivity index (χ4v) is 8.47. The van der Waals surface area contributed by atoms with E-state index in [1.807, 2.05) is 0 Å².